The van der Waals surface area contributed by atoms with Crippen molar-refractivity contribution in [3.8, 4) is 0 Å². The van der Waals surface area contributed by atoms with Gasteiger partial charge in [-0.25, -0.2) is 0 Å². The van der Waals surface area contributed by atoms with Crippen molar-refractivity contribution < 1.29 is 4.79 Å². The molecule has 0 saturated heterocycles. The molecule has 0 N–H and O–H groups in total. The first kappa shape index (κ1) is 13.1. The quantitative estimate of drug-likeness (QED) is 0.785. The van der Waals surface area contributed by atoms with Gasteiger partial charge in [-0.1, -0.05) is 68.4 Å². The number of hydrogen-bond donors (Lipinski definition) is 0. The third kappa shape index (κ3) is 2.29. The number of ketones is 1. The number of rotatable bonds is 2. The molecule has 0 heterocycles. The Morgan fingerprint density at radius 2 is 1.65 bits per heavy atom. The molecule has 0 saturated carbocycles. The number of carbonyl (C=O) groups is 1. The minimum absolute atomic E-state index is 0.0734. The second kappa shape index (κ2) is 4.90. The van der Waals surface area contributed by atoms with Crippen molar-refractivity contribution in [2.75, 3.05) is 0 Å². The predicted molar refractivity (Wildman–Crippen MR) is 82.1 cm³/mol. The smallest absolute Gasteiger partial charge is 0.166 e. The van der Waals surface area contributed by atoms with E-state index in [4.69, 9.17) is 0 Å². The SMILES string of the molecule is CC1(C)C[C@@H](Cc2ccccc2)C(=O)c2ccccc21. The molecule has 20 heavy (non-hydrogen) atoms. The van der Waals surface area contributed by atoms with Gasteiger partial charge >= 0.3 is 0 Å². The highest BCUT2D eigenvalue weighted by molar-refractivity contribution is 6.01. The van der Waals surface area contributed by atoms with Gasteiger partial charge in [0.15, 0.2) is 5.78 Å². The first-order valence-corrected chi connectivity index (χ1v) is 7.25. The van der Waals surface area contributed by atoms with E-state index < -0.39 is 0 Å². The molecule has 0 fully saturated rings. The molecule has 2 aromatic carbocycles. The summed E-state index contributed by atoms with van der Waals surface area (Å²) in [6.07, 6.45) is 1.77. The van der Waals surface area contributed by atoms with Crippen LogP contribution in [0.5, 0.6) is 0 Å². The molecule has 1 heteroatoms. The summed E-state index contributed by atoms with van der Waals surface area (Å²) in [5, 5.41) is 0. The van der Waals surface area contributed by atoms with Crippen LogP contribution < -0.4 is 0 Å². The zero-order valence-corrected chi connectivity index (χ0v) is 12.1. The van der Waals surface area contributed by atoms with Crippen LogP contribution in [0.3, 0.4) is 0 Å². The zero-order chi connectivity index (χ0) is 14.2. The molecule has 102 valence electrons. The fraction of sp³-hybridized carbons (Fsp3) is 0.316. The minimum atomic E-state index is 0.0734. The van der Waals surface area contributed by atoms with Crippen LogP contribution in [-0.4, -0.2) is 5.78 Å². The summed E-state index contributed by atoms with van der Waals surface area (Å²) in [7, 11) is 0. The van der Waals surface area contributed by atoms with Gasteiger partial charge < -0.3 is 0 Å². The van der Waals surface area contributed by atoms with Crippen LogP contribution in [0.1, 0.15) is 41.8 Å². The monoisotopic (exact) mass is 264 g/mol. The molecule has 1 nitrogen and oxygen atoms in total. The van der Waals surface area contributed by atoms with Gasteiger partial charge in [0, 0.05) is 11.5 Å². The maximum atomic E-state index is 12.7. The fourth-order valence-electron chi connectivity index (χ4n) is 3.39. The summed E-state index contributed by atoms with van der Waals surface area (Å²) in [5.74, 6) is 0.408. The van der Waals surface area contributed by atoms with Gasteiger partial charge in [-0.3, -0.25) is 4.79 Å². The Bertz CT molecular complexity index is 625. The van der Waals surface area contributed by atoms with Gasteiger partial charge in [0.1, 0.15) is 0 Å². The van der Waals surface area contributed by atoms with Gasteiger partial charge in [-0.15, -0.1) is 0 Å². The standard InChI is InChI=1S/C19H20O/c1-19(2)13-15(12-14-8-4-3-5-9-14)18(20)16-10-6-7-11-17(16)19/h3-11,15H,12-13H2,1-2H3/t15-/m1/s1. The topological polar surface area (TPSA) is 17.1 Å². The lowest BCUT2D eigenvalue weighted by molar-refractivity contribution is 0.0873. The normalized spacial score (nSPS) is 20.5. The van der Waals surface area contributed by atoms with E-state index in [1.165, 1.54) is 11.1 Å². The number of benzene rings is 2. The van der Waals surface area contributed by atoms with Crippen LogP contribution >= 0.6 is 0 Å². The summed E-state index contributed by atoms with van der Waals surface area (Å²) in [6, 6.07) is 18.4. The summed E-state index contributed by atoms with van der Waals surface area (Å²) in [4.78, 5) is 12.7. The highest BCUT2D eigenvalue weighted by atomic mass is 16.1. The summed E-state index contributed by atoms with van der Waals surface area (Å²) < 4.78 is 0. The second-order valence-electron chi connectivity index (χ2n) is 6.38. The van der Waals surface area contributed by atoms with Crippen LogP contribution in [0.2, 0.25) is 0 Å². The average molecular weight is 264 g/mol. The van der Waals surface area contributed by atoms with E-state index in [2.05, 4.69) is 32.0 Å². The molecule has 0 aliphatic heterocycles. The van der Waals surface area contributed by atoms with E-state index >= 15 is 0 Å². The Hall–Kier alpha value is -1.89. The summed E-state index contributed by atoms with van der Waals surface area (Å²) in [6.45, 7) is 4.49. The molecule has 0 radical (unpaired) electrons. The predicted octanol–water partition coefficient (Wildman–Crippen LogP) is 4.41. The molecule has 3 rings (SSSR count). The lowest BCUT2D eigenvalue weighted by Crippen LogP contribution is -2.35. The van der Waals surface area contributed by atoms with E-state index in [1.807, 2.05) is 36.4 Å². The number of hydrogen-bond acceptors (Lipinski definition) is 1. The lowest BCUT2D eigenvalue weighted by Gasteiger charge is -2.36. The fourth-order valence-corrected chi connectivity index (χ4v) is 3.39. The van der Waals surface area contributed by atoms with Crippen molar-refractivity contribution >= 4 is 5.78 Å². The van der Waals surface area contributed by atoms with Crippen molar-refractivity contribution in [3.63, 3.8) is 0 Å². The average Bonchev–Trinajstić information content (AvgIpc) is 2.46. The highest BCUT2D eigenvalue weighted by Gasteiger charge is 2.37. The molecule has 2 aromatic rings. The van der Waals surface area contributed by atoms with Gasteiger partial charge in [0.05, 0.1) is 0 Å². The number of carbonyl (C=O) groups excluding carboxylic acids is 1. The van der Waals surface area contributed by atoms with E-state index in [0.717, 1.165) is 18.4 Å². The number of Topliss-reactive ketones (excluding diaryl/α,β-unsaturated/α-hetero) is 1. The van der Waals surface area contributed by atoms with E-state index in [0.29, 0.717) is 5.78 Å². The first-order valence-electron chi connectivity index (χ1n) is 7.25. The van der Waals surface area contributed by atoms with Gasteiger partial charge in [0.2, 0.25) is 0 Å². The van der Waals surface area contributed by atoms with E-state index in [-0.39, 0.29) is 11.3 Å². The van der Waals surface area contributed by atoms with Crippen LogP contribution in [0, 0.1) is 5.92 Å². The van der Waals surface area contributed by atoms with Crippen molar-refractivity contribution in [3.05, 3.63) is 71.3 Å². The molecule has 0 unspecified atom stereocenters. The van der Waals surface area contributed by atoms with Gasteiger partial charge in [-0.2, -0.15) is 0 Å². The molecule has 0 aromatic heterocycles. The molecule has 1 aliphatic carbocycles. The first-order chi connectivity index (χ1) is 9.58. The Kier molecular flexibility index (Phi) is 3.21. The van der Waals surface area contributed by atoms with Crippen LogP contribution in [0.4, 0.5) is 0 Å². The zero-order valence-electron chi connectivity index (χ0n) is 12.1. The maximum Gasteiger partial charge on any atom is 0.166 e. The summed E-state index contributed by atoms with van der Waals surface area (Å²) >= 11 is 0. The van der Waals surface area contributed by atoms with Crippen molar-refractivity contribution in [1.29, 1.82) is 0 Å². The second-order valence-corrected chi connectivity index (χ2v) is 6.38. The summed E-state index contributed by atoms with van der Waals surface area (Å²) in [5.41, 5.74) is 3.45. The maximum absolute atomic E-state index is 12.7. The van der Waals surface area contributed by atoms with Crippen LogP contribution in [0.25, 0.3) is 0 Å². The van der Waals surface area contributed by atoms with Crippen molar-refractivity contribution in [2.45, 2.75) is 32.1 Å². The molecule has 0 spiro atoms. The molecule has 0 amide bonds. The molecule has 0 bridgehead atoms. The van der Waals surface area contributed by atoms with Gasteiger partial charge in [-0.05, 0) is 29.4 Å². The molecular formula is C19H20O. The van der Waals surface area contributed by atoms with Crippen molar-refractivity contribution in [2.24, 2.45) is 5.92 Å². The Morgan fingerprint density at radius 1 is 1.00 bits per heavy atom. The van der Waals surface area contributed by atoms with Crippen LogP contribution in [0.15, 0.2) is 54.6 Å². The third-order valence-corrected chi connectivity index (χ3v) is 4.37. The third-order valence-electron chi connectivity index (χ3n) is 4.37. The Labute approximate surface area is 120 Å². The highest BCUT2D eigenvalue weighted by Crippen LogP contribution is 2.40. The molecule has 1 atom stereocenters. The minimum Gasteiger partial charge on any atom is -0.294 e. The molecular weight excluding hydrogens is 244 g/mol. The van der Waals surface area contributed by atoms with Crippen molar-refractivity contribution in [1.82, 2.24) is 0 Å². The van der Waals surface area contributed by atoms with Gasteiger partial charge in [0.25, 0.3) is 0 Å². The Morgan fingerprint density at radius 3 is 2.40 bits per heavy atom. The largest absolute Gasteiger partial charge is 0.294 e. The molecule has 1 aliphatic rings. The Balaban J connectivity index is 1.95. The lowest BCUT2D eigenvalue weighted by atomic mass is 9.66. The van der Waals surface area contributed by atoms with Crippen LogP contribution in [-0.2, 0) is 11.8 Å². The van der Waals surface area contributed by atoms with E-state index in [9.17, 15) is 4.79 Å². The van der Waals surface area contributed by atoms with E-state index in [1.54, 1.807) is 0 Å². The number of fused-ring (bicyclic) bond motifs is 1.